The van der Waals surface area contributed by atoms with Gasteiger partial charge in [-0.15, -0.1) is 0 Å². The molecule has 1 saturated carbocycles. The van der Waals surface area contributed by atoms with Crippen LogP contribution < -0.4 is 16.4 Å². The number of hydrogen-bond donors (Lipinski definition) is 3. The van der Waals surface area contributed by atoms with Crippen LogP contribution in [-0.2, 0) is 0 Å². The molecule has 1 aromatic rings. The van der Waals surface area contributed by atoms with Crippen LogP contribution in [0.25, 0.3) is 0 Å². The molecule has 1 aliphatic carbocycles. The van der Waals surface area contributed by atoms with Gasteiger partial charge >= 0.3 is 0 Å². The van der Waals surface area contributed by atoms with Gasteiger partial charge in [-0.25, -0.2) is 4.98 Å². The number of carbonyl (C=O) groups excluding carboxylic acids is 1. The van der Waals surface area contributed by atoms with Crippen LogP contribution >= 0.6 is 11.3 Å². The highest BCUT2D eigenvalue weighted by Gasteiger charge is 2.39. The Bertz CT molecular complexity index is 481. The molecule has 0 bridgehead atoms. The summed E-state index contributed by atoms with van der Waals surface area (Å²) in [6.07, 6.45) is 3.48. The molecule has 0 radical (unpaired) electrons. The maximum absolute atomic E-state index is 12.2. The van der Waals surface area contributed by atoms with E-state index in [4.69, 9.17) is 5.73 Å². The molecule has 112 valence electrons. The Kier molecular flexibility index (Phi) is 4.49. The summed E-state index contributed by atoms with van der Waals surface area (Å²) in [5, 5.41) is 6.77. The van der Waals surface area contributed by atoms with E-state index in [2.05, 4.69) is 34.6 Å². The van der Waals surface area contributed by atoms with Crippen molar-refractivity contribution in [1.82, 2.24) is 15.2 Å². The molecular formula is C13H23N5OS. The van der Waals surface area contributed by atoms with Gasteiger partial charge in [-0.2, -0.15) is 0 Å². The molecule has 2 rings (SSSR count). The summed E-state index contributed by atoms with van der Waals surface area (Å²) in [6.45, 7) is 3.40. The van der Waals surface area contributed by atoms with Crippen LogP contribution in [0.4, 0.5) is 10.9 Å². The molecule has 6 nitrogen and oxygen atoms in total. The fourth-order valence-corrected chi connectivity index (χ4v) is 3.28. The molecular weight excluding hydrogens is 274 g/mol. The number of likely N-dealkylation sites (N-methyl/N-ethyl adjacent to an activating group) is 1. The van der Waals surface area contributed by atoms with E-state index in [9.17, 15) is 4.79 Å². The molecule has 1 fully saturated rings. The van der Waals surface area contributed by atoms with E-state index in [0.717, 1.165) is 19.4 Å². The van der Waals surface area contributed by atoms with Crippen molar-refractivity contribution in [2.24, 2.45) is 0 Å². The summed E-state index contributed by atoms with van der Waals surface area (Å²) in [7, 11) is 4.13. The standard InChI is InChI=1S/C13H23N5OS/c1-4-15-12-17-10(14)9(20-12)11(19)16-8-13(18(2)3)6-5-7-13/h4-8,14H2,1-3H3,(H,15,17)(H,16,19). The SMILES string of the molecule is CCNc1nc(N)c(C(=O)NCC2(N(C)C)CCC2)s1. The number of carbonyl (C=O) groups is 1. The molecule has 0 spiro atoms. The fraction of sp³-hybridized carbons (Fsp3) is 0.692. The Hall–Kier alpha value is -1.34. The number of hydrogen-bond acceptors (Lipinski definition) is 6. The van der Waals surface area contributed by atoms with Crippen LogP contribution in [0.1, 0.15) is 35.9 Å². The van der Waals surface area contributed by atoms with E-state index in [-0.39, 0.29) is 11.4 Å². The molecule has 1 aliphatic rings. The third kappa shape index (κ3) is 2.88. The lowest BCUT2D eigenvalue weighted by atomic mass is 9.75. The van der Waals surface area contributed by atoms with Crippen LogP contribution in [0.5, 0.6) is 0 Å². The van der Waals surface area contributed by atoms with E-state index in [0.29, 0.717) is 22.4 Å². The van der Waals surface area contributed by atoms with E-state index in [1.54, 1.807) is 0 Å². The summed E-state index contributed by atoms with van der Waals surface area (Å²) in [5.74, 6) is 0.174. The molecule has 0 saturated heterocycles. The van der Waals surface area contributed by atoms with Crippen molar-refractivity contribution in [3.8, 4) is 0 Å². The van der Waals surface area contributed by atoms with Crippen LogP contribution in [0.15, 0.2) is 0 Å². The summed E-state index contributed by atoms with van der Waals surface area (Å²) >= 11 is 1.30. The zero-order valence-electron chi connectivity index (χ0n) is 12.3. The second kappa shape index (κ2) is 5.97. The van der Waals surface area contributed by atoms with Gasteiger partial charge in [-0.05, 0) is 40.3 Å². The third-order valence-corrected chi connectivity index (χ3v) is 5.03. The molecule has 7 heteroatoms. The monoisotopic (exact) mass is 297 g/mol. The highest BCUT2D eigenvalue weighted by atomic mass is 32.1. The Morgan fingerprint density at radius 2 is 2.20 bits per heavy atom. The van der Waals surface area contributed by atoms with E-state index in [1.807, 2.05) is 6.92 Å². The van der Waals surface area contributed by atoms with Gasteiger partial charge in [-0.1, -0.05) is 11.3 Å². The lowest BCUT2D eigenvalue weighted by molar-refractivity contribution is 0.0559. The highest BCUT2D eigenvalue weighted by molar-refractivity contribution is 7.18. The maximum Gasteiger partial charge on any atom is 0.265 e. The third-order valence-electron chi connectivity index (χ3n) is 4.00. The first-order valence-electron chi connectivity index (χ1n) is 6.94. The Labute approximate surface area is 123 Å². The van der Waals surface area contributed by atoms with Gasteiger partial charge in [0.25, 0.3) is 5.91 Å². The quantitative estimate of drug-likeness (QED) is 0.738. The topological polar surface area (TPSA) is 83.3 Å². The Morgan fingerprint density at radius 1 is 1.50 bits per heavy atom. The normalized spacial score (nSPS) is 16.8. The van der Waals surface area contributed by atoms with E-state index >= 15 is 0 Å². The lowest BCUT2D eigenvalue weighted by Crippen LogP contribution is -2.57. The molecule has 1 aromatic heterocycles. The van der Waals surface area contributed by atoms with Gasteiger partial charge < -0.3 is 21.3 Å². The van der Waals surface area contributed by atoms with Gasteiger partial charge in [0.05, 0.1) is 0 Å². The van der Waals surface area contributed by atoms with Crippen LogP contribution in [0, 0.1) is 0 Å². The Morgan fingerprint density at radius 3 is 2.70 bits per heavy atom. The predicted molar refractivity (Wildman–Crippen MR) is 83.3 cm³/mol. The zero-order chi connectivity index (χ0) is 14.8. The van der Waals surface area contributed by atoms with Gasteiger partial charge in [0.2, 0.25) is 0 Å². The highest BCUT2D eigenvalue weighted by Crippen LogP contribution is 2.35. The van der Waals surface area contributed by atoms with Gasteiger partial charge in [0.1, 0.15) is 10.7 Å². The molecule has 4 N–H and O–H groups in total. The molecule has 0 aromatic carbocycles. The second-order valence-electron chi connectivity index (χ2n) is 5.42. The number of nitrogens with two attached hydrogens (primary N) is 1. The van der Waals surface area contributed by atoms with Crippen molar-refractivity contribution in [3.63, 3.8) is 0 Å². The van der Waals surface area contributed by atoms with Crippen molar-refractivity contribution < 1.29 is 4.79 Å². The number of amides is 1. The molecule has 1 amide bonds. The first-order chi connectivity index (χ1) is 9.48. The largest absolute Gasteiger partial charge is 0.382 e. The van der Waals surface area contributed by atoms with Crippen molar-refractivity contribution >= 4 is 28.2 Å². The van der Waals surface area contributed by atoms with Crippen molar-refractivity contribution in [3.05, 3.63) is 4.88 Å². The van der Waals surface area contributed by atoms with Crippen molar-refractivity contribution in [2.45, 2.75) is 31.7 Å². The number of aromatic nitrogens is 1. The van der Waals surface area contributed by atoms with Crippen LogP contribution in [-0.4, -0.2) is 48.5 Å². The zero-order valence-corrected chi connectivity index (χ0v) is 13.1. The minimum atomic E-state index is -0.128. The van der Waals surface area contributed by atoms with Crippen molar-refractivity contribution in [1.29, 1.82) is 0 Å². The molecule has 20 heavy (non-hydrogen) atoms. The average Bonchev–Trinajstić information content (AvgIpc) is 2.68. The summed E-state index contributed by atoms with van der Waals surface area (Å²) in [4.78, 5) is 19.1. The minimum Gasteiger partial charge on any atom is -0.382 e. The molecule has 0 unspecified atom stereocenters. The number of anilines is 2. The smallest absolute Gasteiger partial charge is 0.265 e. The maximum atomic E-state index is 12.2. The Balaban J connectivity index is 1.98. The second-order valence-corrected chi connectivity index (χ2v) is 6.42. The predicted octanol–water partition coefficient (Wildman–Crippen LogP) is 1.37. The number of nitrogen functional groups attached to an aromatic ring is 1. The number of thiazole rings is 1. The summed E-state index contributed by atoms with van der Waals surface area (Å²) in [5.41, 5.74) is 5.92. The first kappa shape index (κ1) is 15.1. The van der Waals surface area contributed by atoms with E-state index in [1.165, 1.54) is 17.8 Å². The van der Waals surface area contributed by atoms with Crippen molar-refractivity contribution in [2.75, 3.05) is 38.2 Å². The minimum absolute atomic E-state index is 0.111. The molecule has 1 heterocycles. The lowest BCUT2D eigenvalue weighted by Gasteiger charge is -2.47. The summed E-state index contributed by atoms with van der Waals surface area (Å²) in [6, 6.07) is 0. The van der Waals surface area contributed by atoms with E-state index < -0.39 is 0 Å². The van der Waals surface area contributed by atoms with Gasteiger partial charge in [-0.3, -0.25) is 4.79 Å². The summed E-state index contributed by atoms with van der Waals surface area (Å²) < 4.78 is 0. The molecule has 0 aliphatic heterocycles. The van der Waals surface area contributed by atoms with Crippen LogP contribution in [0.2, 0.25) is 0 Å². The van der Waals surface area contributed by atoms with Gasteiger partial charge in [0.15, 0.2) is 5.13 Å². The molecule has 0 atom stereocenters. The average molecular weight is 297 g/mol. The number of nitrogens with one attached hydrogen (secondary N) is 2. The number of nitrogens with zero attached hydrogens (tertiary/aromatic N) is 2. The first-order valence-corrected chi connectivity index (χ1v) is 7.76. The number of rotatable bonds is 6. The van der Waals surface area contributed by atoms with Crippen LogP contribution in [0.3, 0.4) is 0 Å². The van der Waals surface area contributed by atoms with Gasteiger partial charge in [0, 0.05) is 18.6 Å². The fourth-order valence-electron chi connectivity index (χ4n) is 2.41.